The Labute approximate surface area is 85.2 Å². The zero-order chi connectivity index (χ0) is 10.4. The Hall–Kier alpha value is -0.610. The molecule has 1 amide bonds. The number of nitrogens with one attached hydrogen (secondary N) is 1. The third-order valence-corrected chi connectivity index (χ3v) is 2.63. The number of hydrogen-bond donors (Lipinski definition) is 2. The molecule has 0 radical (unpaired) electrons. The van der Waals surface area contributed by atoms with Crippen LogP contribution >= 0.6 is 0 Å². The summed E-state index contributed by atoms with van der Waals surface area (Å²) in [6.07, 6.45) is 4.42. The van der Waals surface area contributed by atoms with Gasteiger partial charge < -0.3 is 15.8 Å². The van der Waals surface area contributed by atoms with Crippen molar-refractivity contribution in [2.45, 2.75) is 44.8 Å². The third kappa shape index (κ3) is 3.64. The molecule has 2 unspecified atom stereocenters. The first-order chi connectivity index (χ1) is 6.74. The summed E-state index contributed by atoms with van der Waals surface area (Å²) in [4.78, 5) is 10.9. The lowest BCUT2D eigenvalue weighted by molar-refractivity contribution is -0.120. The normalized spacial score (nSPS) is 23.6. The second kappa shape index (κ2) is 5.98. The molecule has 4 nitrogen and oxygen atoms in total. The average molecular weight is 200 g/mol. The molecule has 1 saturated heterocycles. The summed E-state index contributed by atoms with van der Waals surface area (Å²) in [7, 11) is 0. The van der Waals surface area contributed by atoms with Crippen molar-refractivity contribution >= 4 is 5.91 Å². The van der Waals surface area contributed by atoms with Crippen LogP contribution in [-0.4, -0.2) is 31.2 Å². The van der Waals surface area contributed by atoms with E-state index in [2.05, 4.69) is 5.32 Å². The molecule has 2 atom stereocenters. The molecule has 0 aromatic rings. The van der Waals surface area contributed by atoms with E-state index in [1.54, 1.807) is 0 Å². The Morgan fingerprint density at radius 3 is 3.00 bits per heavy atom. The van der Waals surface area contributed by atoms with Crippen LogP contribution in [0.5, 0.6) is 0 Å². The zero-order valence-corrected chi connectivity index (χ0v) is 8.79. The number of nitrogens with two attached hydrogens (primary N) is 1. The van der Waals surface area contributed by atoms with Crippen LogP contribution in [0.2, 0.25) is 0 Å². The smallest absolute Gasteiger partial charge is 0.234 e. The van der Waals surface area contributed by atoms with E-state index < -0.39 is 0 Å². The van der Waals surface area contributed by atoms with E-state index in [1.807, 2.05) is 6.92 Å². The van der Waals surface area contributed by atoms with E-state index in [0.29, 0.717) is 6.10 Å². The van der Waals surface area contributed by atoms with Gasteiger partial charge in [0.25, 0.3) is 0 Å². The molecule has 1 aliphatic rings. The molecule has 1 aliphatic heterocycles. The van der Waals surface area contributed by atoms with E-state index in [9.17, 15) is 4.79 Å². The Bertz CT molecular complexity index is 179. The molecule has 82 valence electrons. The summed E-state index contributed by atoms with van der Waals surface area (Å²) in [6.45, 7) is 3.65. The molecule has 14 heavy (non-hydrogen) atoms. The van der Waals surface area contributed by atoms with Gasteiger partial charge in [-0.1, -0.05) is 6.92 Å². The molecule has 0 spiro atoms. The lowest BCUT2D eigenvalue weighted by Gasteiger charge is -2.15. The van der Waals surface area contributed by atoms with Gasteiger partial charge in [-0.05, 0) is 32.2 Å². The van der Waals surface area contributed by atoms with Crippen molar-refractivity contribution in [3.63, 3.8) is 0 Å². The highest BCUT2D eigenvalue weighted by Gasteiger charge is 2.16. The summed E-state index contributed by atoms with van der Waals surface area (Å²) in [5.74, 6) is -0.264. The Morgan fingerprint density at radius 1 is 1.71 bits per heavy atom. The largest absolute Gasteiger partial charge is 0.378 e. The van der Waals surface area contributed by atoms with Crippen molar-refractivity contribution in [1.29, 1.82) is 0 Å². The third-order valence-electron chi connectivity index (χ3n) is 2.63. The minimum Gasteiger partial charge on any atom is -0.378 e. The molecule has 1 fully saturated rings. The van der Waals surface area contributed by atoms with E-state index in [1.165, 1.54) is 0 Å². The van der Waals surface area contributed by atoms with Crippen LogP contribution in [0.25, 0.3) is 0 Å². The second-order valence-corrected chi connectivity index (χ2v) is 3.74. The fraction of sp³-hybridized carbons (Fsp3) is 0.900. The first-order valence-corrected chi connectivity index (χ1v) is 5.38. The number of carbonyl (C=O) groups excluding carboxylic acids is 1. The summed E-state index contributed by atoms with van der Waals surface area (Å²) >= 11 is 0. The van der Waals surface area contributed by atoms with Crippen molar-refractivity contribution in [3.05, 3.63) is 0 Å². The van der Waals surface area contributed by atoms with Crippen LogP contribution in [0.4, 0.5) is 0 Å². The molecule has 0 saturated carbocycles. The van der Waals surface area contributed by atoms with Gasteiger partial charge in [0.05, 0.1) is 12.1 Å². The van der Waals surface area contributed by atoms with Crippen molar-refractivity contribution < 1.29 is 9.53 Å². The van der Waals surface area contributed by atoms with Crippen LogP contribution in [0.1, 0.15) is 32.6 Å². The fourth-order valence-electron chi connectivity index (χ4n) is 1.74. The monoisotopic (exact) mass is 200 g/mol. The second-order valence-electron chi connectivity index (χ2n) is 3.74. The number of amides is 1. The molecule has 0 aliphatic carbocycles. The van der Waals surface area contributed by atoms with Crippen molar-refractivity contribution in [1.82, 2.24) is 5.32 Å². The van der Waals surface area contributed by atoms with Gasteiger partial charge in [0.15, 0.2) is 0 Å². The van der Waals surface area contributed by atoms with Gasteiger partial charge in [-0.3, -0.25) is 4.79 Å². The average Bonchev–Trinajstić information content (AvgIpc) is 2.64. The lowest BCUT2D eigenvalue weighted by Crippen LogP contribution is -2.41. The van der Waals surface area contributed by atoms with Crippen LogP contribution < -0.4 is 11.1 Å². The summed E-state index contributed by atoms with van der Waals surface area (Å²) in [5, 5.41) is 3.14. The fourth-order valence-corrected chi connectivity index (χ4v) is 1.74. The maximum Gasteiger partial charge on any atom is 0.234 e. The first-order valence-electron chi connectivity index (χ1n) is 5.38. The van der Waals surface area contributed by atoms with Crippen LogP contribution in [0, 0.1) is 0 Å². The van der Waals surface area contributed by atoms with Crippen LogP contribution in [0.15, 0.2) is 0 Å². The predicted octanol–water partition coefficient (Wildman–Crippen LogP) is 0.409. The van der Waals surface area contributed by atoms with Gasteiger partial charge in [0, 0.05) is 6.61 Å². The first kappa shape index (κ1) is 11.5. The number of carbonyl (C=O) groups is 1. The Morgan fingerprint density at radius 2 is 2.50 bits per heavy atom. The highest BCUT2D eigenvalue weighted by atomic mass is 16.5. The van der Waals surface area contributed by atoms with Gasteiger partial charge in [-0.2, -0.15) is 0 Å². The molecule has 1 heterocycles. The summed E-state index contributed by atoms with van der Waals surface area (Å²) < 4.78 is 5.47. The van der Waals surface area contributed by atoms with Crippen LogP contribution in [0.3, 0.4) is 0 Å². The number of ether oxygens (including phenoxy) is 1. The molecular formula is C10H20N2O2. The molecule has 0 bridgehead atoms. The van der Waals surface area contributed by atoms with Gasteiger partial charge in [0.2, 0.25) is 5.91 Å². The SMILES string of the molecule is CCC(NCCC1CCCO1)C(N)=O. The van der Waals surface area contributed by atoms with E-state index >= 15 is 0 Å². The Balaban J connectivity index is 2.09. The molecule has 1 rings (SSSR count). The van der Waals surface area contributed by atoms with Crippen molar-refractivity contribution in [2.24, 2.45) is 5.73 Å². The zero-order valence-electron chi connectivity index (χ0n) is 8.79. The topological polar surface area (TPSA) is 64.3 Å². The maximum absolute atomic E-state index is 10.9. The van der Waals surface area contributed by atoms with Gasteiger partial charge in [-0.15, -0.1) is 0 Å². The standard InChI is InChI=1S/C10H20N2O2/c1-2-9(10(11)13)12-6-5-8-4-3-7-14-8/h8-9,12H,2-7H2,1H3,(H2,11,13). The van der Waals surface area contributed by atoms with Gasteiger partial charge >= 0.3 is 0 Å². The predicted molar refractivity (Wildman–Crippen MR) is 54.9 cm³/mol. The number of hydrogen-bond acceptors (Lipinski definition) is 3. The molecule has 0 aromatic carbocycles. The maximum atomic E-state index is 10.9. The van der Waals surface area contributed by atoms with Crippen LogP contribution in [-0.2, 0) is 9.53 Å². The number of rotatable bonds is 6. The van der Waals surface area contributed by atoms with Crippen molar-refractivity contribution in [3.8, 4) is 0 Å². The van der Waals surface area contributed by atoms with Crippen molar-refractivity contribution in [2.75, 3.05) is 13.2 Å². The minimum absolute atomic E-state index is 0.184. The molecule has 3 N–H and O–H groups in total. The lowest BCUT2D eigenvalue weighted by atomic mass is 10.1. The number of primary amides is 1. The quantitative estimate of drug-likeness (QED) is 0.652. The Kier molecular flexibility index (Phi) is 4.90. The minimum atomic E-state index is -0.264. The van der Waals surface area contributed by atoms with Gasteiger partial charge in [-0.25, -0.2) is 0 Å². The van der Waals surface area contributed by atoms with E-state index in [-0.39, 0.29) is 11.9 Å². The van der Waals surface area contributed by atoms with E-state index in [0.717, 1.165) is 38.8 Å². The molecular weight excluding hydrogens is 180 g/mol. The molecule has 4 heteroatoms. The highest BCUT2D eigenvalue weighted by Crippen LogP contribution is 2.14. The van der Waals surface area contributed by atoms with E-state index in [4.69, 9.17) is 10.5 Å². The summed E-state index contributed by atoms with van der Waals surface area (Å²) in [6, 6.07) is -0.184. The summed E-state index contributed by atoms with van der Waals surface area (Å²) in [5.41, 5.74) is 5.21. The van der Waals surface area contributed by atoms with Gasteiger partial charge in [0.1, 0.15) is 0 Å². The highest BCUT2D eigenvalue weighted by molar-refractivity contribution is 5.79. The molecule has 0 aromatic heterocycles.